The molecule has 1 aromatic heterocycles. The molecule has 0 saturated carbocycles. The van der Waals surface area contributed by atoms with Crippen LogP contribution in [0.3, 0.4) is 0 Å². The van der Waals surface area contributed by atoms with Crippen LogP contribution in [0.15, 0.2) is 54.2 Å². The standard InChI is InChI=1S/C23H24N2O5S/c1-23(2,3)30-22(28)15-5-7-16(8-6-15)25(13-18-12-24-14-31-18)17-9-10-19(21(26)27)20(11-17)29-4/h5-12,14H,13H2,1-4H3,(H,26,27). The van der Waals surface area contributed by atoms with Gasteiger partial charge in [-0.25, -0.2) is 9.59 Å². The lowest BCUT2D eigenvalue weighted by atomic mass is 10.1. The van der Waals surface area contributed by atoms with Gasteiger partial charge in [0, 0.05) is 28.5 Å². The zero-order valence-electron chi connectivity index (χ0n) is 17.8. The molecule has 7 nitrogen and oxygen atoms in total. The van der Waals surface area contributed by atoms with Gasteiger partial charge in [0.1, 0.15) is 16.9 Å². The van der Waals surface area contributed by atoms with Gasteiger partial charge in [0.15, 0.2) is 0 Å². The number of aromatic nitrogens is 1. The zero-order valence-corrected chi connectivity index (χ0v) is 18.6. The maximum absolute atomic E-state index is 12.3. The van der Waals surface area contributed by atoms with Crippen LogP contribution in [-0.2, 0) is 11.3 Å². The van der Waals surface area contributed by atoms with Crippen molar-refractivity contribution < 1.29 is 24.2 Å². The minimum atomic E-state index is -1.06. The van der Waals surface area contributed by atoms with Crippen LogP contribution in [0.5, 0.6) is 5.75 Å². The monoisotopic (exact) mass is 440 g/mol. The molecule has 8 heteroatoms. The summed E-state index contributed by atoms with van der Waals surface area (Å²) >= 11 is 1.52. The van der Waals surface area contributed by atoms with Crippen molar-refractivity contribution in [3.8, 4) is 5.75 Å². The van der Waals surface area contributed by atoms with E-state index in [9.17, 15) is 14.7 Å². The van der Waals surface area contributed by atoms with Crippen molar-refractivity contribution in [3.05, 3.63) is 70.2 Å². The second-order valence-corrected chi connectivity index (χ2v) is 8.76. The van der Waals surface area contributed by atoms with Crippen LogP contribution in [0.25, 0.3) is 0 Å². The fraction of sp³-hybridized carbons (Fsp3) is 0.261. The van der Waals surface area contributed by atoms with Gasteiger partial charge in [-0.3, -0.25) is 4.98 Å². The van der Waals surface area contributed by atoms with Crippen LogP contribution in [0, 0.1) is 0 Å². The Hall–Kier alpha value is -3.39. The van der Waals surface area contributed by atoms with Gasteiger partial charge in [-0.15, -0.1) is 11.3 Å². The van der Waals surface area contributed by atoms with E-state index in [4.69, 9.17) is 9.47 Å². The third kappa shape index (κ3) is 5.61. The highest BCUT2D eigenvalue weighted by molar-refractivity contribution is 7.09. The molecule has 0 fully saturated rings. The number of ether oxygens (including phenoxy) is 2. The molecule has 0 bridgehead atoms. The van der Waals surface area contributed by atoms with Gasteiger partial charge in [0.25, 0.3) is 0 Å². The number of hydrogen-bond acceptors (Lipinski definition) is 7. The molecule has 1 heterocycles. The number of hydrogen-bond donors (Lipinski definition) is 1. The number of carbonyl (C=O) groups excluding carboxylic acids is 1. The van der Waals surface area contributed by atoms with Crippen molar-refractivity contribution in [1.29, 1.82) is 0 Å². The molecule has 0 amide bonds. The highest BCUT2D eigenvalue weighted by atomic mass is 32.1. The van der Waals surface area contributed by atoms with E-state index >= 15 is 0 Å². The Morgan fingerprint density at radius 1 is 1.10 bits per heavy atom. The van der Waals surface area contributed by atoms with Crippen molar-refractivity contribution >= 4 is 34.7 Å². The minimum absolute atomic E-state index is 0.0873. The molecule has 0 spiro atoms. The molecule has 0 aliphatic heterocycles. The van der Waals surface area contributed by atoms with E-state index < -0.39 is 11.6 Å². The van der Waals surface area contributed by atoms with Gasteiger partial charge in [0.05, 0.1) is 24.7 Å². The van der Waals surface area contributed by atoms with E-state index in [1.165, 1.54) is 24.5 Å². The number of methoxy groups -OCH3 is 1. The average molecular weight is 441 g/mol. The maximum atomic E-state index is 12.3. The summed E-state index contributed by atoms with van der Waals surface area (Å²) < 4.78 is 10.7. The summed E-state index contributed by atoms with van der Waals surface area (Å²) in [6.07, 6.45) is 1.79. The number of carboxylic acids is 1. The number of carbonyl (C=O) groups is 2. The summed E-state index contributed by atoms with van der Waals surface area (Å²) in [5.74, 6) is -1.18. The minimum Gasteiger partial charge on any atom is -0.496 e. The van der Waals surface area contributed by atoms with Gasteiger partial charge in [-0.05, 0) is 57.2 Å². The number of aromatic carboxylic acids is 1. The Morgan fingerprint density at radius 3 is 2.32 bits per heavy atom. The van der Waals surface area contributed by atoms with Gasteiger partial charge in [-0.2, -0.15) is 0 Å². The molecule has 1 N–H and O–H groups in total. The lowest BCUT2D eigenvalue weighted by Crippen LogP contribution is -2.24. The van der Waals surface area contributed by atoms with Crippen LogP contribution in [0.2, 0.25) is 0 Å². The molecule has 3 aromatic rings. The van der Waals surface area contributed by atoms with Crippen molar-refractivity contribution in [2.45, 2.75) is 32.9 Å². The van der Waals surface area contributed by atoms with Crippen molar-refractivity contribution in [3.63, 3.8) is 0 Å². The van der Waals surface area contributed by atoms with E-state index in [-0.39, 0.29) is 17.3 Å². The Labute approximate surface area is 184 Å². The molecule has 31 heavy (non-hydrogen) atoms. The molecule has 3 rings (SSSR count). The third-order valence-electron chi connectivity index (χ3n) is 4.34. The summed E-state index contributed by atoms with van der Waals surface area (Å²) in [7, 11) is 1.44. The van der Waals surface area contributed by atoms with E-state index in [1.54, 1.807) is 36.0 Å². The maximum Gasteiger partial charge on any atom is 0.339 e. The molecular weight excluding hydrogens is 416 g/mol. The topological polar surface area (TPSA) is 89.0 Å². The van der Waals surface area contributed by atoms with Crippen LogP contribution in [0.4, 0.5) is 11.4 Å². The molecular formula is C23H24N2O5S. The summed E-state index contributed by atoms with van der Waals surface area (Å²) in [4.78, 5) is 30.9. The van der Waals surface area contributed by atoms with Crippen LogP contribution in [-0.4, -0.2) is 34.7 Å². The average Bonchev–Trinajstić information content (AvgIpc) is 3.23. The molecule has 0 radical (unpaired) electrons. The van der Waals surface area contributed by atoms with E-state index in [0.29, 0.717) is 12.1 Å². The second-order valence-electron chi connectivity index (χ2n) is 7.79. The van der Waals surface area contributed by atoms with Gasteiger partial charge in [0.2, 0.25) is 0 Å². The molecule has 2 aromatic carbocycles. The smallest absolute Gasteiger partial charge is 0.339 e. The first kappa shape index (κ1) is 22.3. The van der Waals surface area contributed by atoms with Gasteiger partial charge < -0.3 is 19.5 Å². The summed E-state index contributed by atoms with van der Waals surface area (Å²) in [5.41, 5.74) is 3.30. The highest BCUT2D eigenvalue weighted by Crippen LogP contribution is 2.33. The van der Waals surface area contributed by atoms with Crippen molar-refractivity contribution in [2.75, 3.05) is 12.0 Å². The lowest BCUT2D eigenvalue weighted by Gasteiger charge is -2.25. The van der Waals surface area contributed by atoms with Crippen LogP contribution in [0.1, 0.15) is 46.4 Å². The summed E-state index contributed by atoms with van der Waals surface area (Å²) in [5, 5.41) is 9.37. The van der Waals surface area contributed by atoms with Crippen LogP contribution >= 0.6 is 11.3 Å². The summed E-state index contributed by atoms with van der Waals surface area (Å²) in [6.45, 7) is 5.99. The third-order valence-corrected chi connectivity index (χ3v) is 5.10. The van der Waals surface area contributed by atoms with E-state index in [1.807, 2.05) is 37.8 Å². The number of esters is 1. The largest absolute Gasteiger partial charge is 0.496 e. The Kier molecular flexibility index (Phi) is 6.60. The lowest BCUT2D eigenvalue weighted by molar-refractivity contribution is 0.00693. The fourth-order valence-corrected chi connectivity index (χ4v) is 3.53. The SMILES string of the molecule is COc1cc(N(Cc2cncs2)c2ccc(C(=O)OC(C)(C)C)cc2)ccc1C(=O)O. The highest BCUT2D eigenvalue weighted by Gasteiger charge is 2.20. The number of benzene rings is 2. The van der Waals surface area contributed by atoms with Crippen LogP contribution < -0.4 is 9.64 Å². The first-order valence-electron chi connectivity index (χ1n) is 9.57. The number of rotatable bonds is 7. The van der Waals surface area contributed by atoms with Crippen molar-refractivity contribution in [2.24, 2.45) is 0 Å². The fourth-order valence-electron chi connectivity index (χ4n) is 2.95. The predicted molar refractivity (Wildman–Crippen MR) is 120 cm³/mol. The van der Waals surface area contributed by atoms with Gasteiger partial charge in [-0.1, -0.05) is 0 Å². The Morgan fingerprint density at radius 2 is 1.77 bits per heavy atom. The first-order chi connectivity index (χ1) is 14.7. The molecule has 162 valence electrons. The normalized spacial score (nSPS) is 11.1. The van der Waals surface area contributed by atoms with E-state index in [2.05, 4.69) is 4.98 Å². The number of carboxylic acid groups (broad SMARTS) is 1. The molecule has 0 atom stereocenters. The zero-order chi connectivity index (χ0) is 22.6. The molecule has 0 aliphatic carbocycles. The Balaban J connectivity index is 1.96. The number of thiazole rings is 1. The molecule has 0 aliphatic rings. The molecule has 0 saturated heterocycles. The number of nitrogens with zero attached hydrogens (tertiary/aromatic N) is 2. The number of anilines is 2. The summed E-state index contributed by atoms with van der Waals surface area (Å²) in [6, 6.07) is 12.0. The first-order valence-corrected chi connectivity index (χ1v) is 10.5. The second kappa shape index (κ2) is 9.18. The predicted octanol–water partition coefficient (Wildman–Crippen LogP) is 5.14. The quantitative estimate of drug-likeness (QED) is 0.509. The van der Waals surface area contributed by atoms with Gasteiger partial charge >= 0.3 is 11.9 Å². The Bertz CT molecular complexity index is 1060. The van der Waals surface area contributed by atoms with Crippen molar-refractivity contribution in [1.82, 2.24) is 4.98 Å². The molecule has 0 unspecified atom stereocenters. The van der Waals surface area contributed by atoms with E-state index in [0.717, 1.165) is 16.3 Å².